The molecule has 5 heteroatoms. The molecule has 2 aromatic carbocycles. The van der Waals surface area contributed by atoms with E-state index in [4.69, 9.17) is 19.6 Å². The lowest BCUT2D eigenvalue weighted by Crippen LogP contribution is -2.40. The van der Waals surface area contributed by atoms with Crippen molar-refractivity contribution in [1.29, 1.82) is 5.41 Å². The van der Waals surface area contributed by atoms with Gasteiger partial charge >= 0.3 is 0 Å². The van der Waals surface area contributed by atoms with Crippen molar-refractivity contribution in [3.63, 3.8) is 0 Å². The number of benzene rings is 2. The first-order valence-corrected chi connectivity index (χ1v) is 6.79. The minimum Gasteiger partial charge on any atom is -0.457 e. The Balaban J connectivity index is 1.69. The molecule has 2 aliphatic heterocycles. The molecule has 4 rings (SSSR count). The molecule has 0 atom stereocenters. The molecule has 2 aliphatic rings. The highest BCUT2D eigenvalue weighted by molar-refractivity contribution is 6.01. The zero-order valence-electron chi connectivity index (χ0n) is 11.3. The van der Waals surface area contributed by atoms with Gasteiger partial charge in [0.05, 0.1) is 13.2 Å². The lowest BCUT2D eigenvalue weighted by molar-refractivity contribution is -0.173. The fourth-order valence-electron chi connectivity index (χ4n) is 2.64. The summed E-state index contributed by atoms with van der Waals surface area (Å²) in [5.41, 5.74) is 1.57. The van der Waals surface area contributed by atoms with Gasteiger partial charge in [0.2, 0.25) is 0 Å². The van der Waals surface area contributed by atoms with Crippen LogP contribution in [0, 0.1) is 5.41 Å². The van der Waals surface area contributed by atoms with Gasteiger partial charge in [0.1, 0.15) is 17.3 Å². The third-order valence-electron chi connectivity index (χ3n) is 3.58. The molecule has 1 fully saturated rings. The van der Waals surface area contributed by atoms with Crippen LogP contribution in [-0.4, -0.2) is 19.0 Å². The Labute approximate surface area is 122 Å². The molecule has 2 N–H and O–H groups in total. The lowest BCUT2D eigenvalue weighted by atomic mass is 10.1. The molecule has 0 bridgehead atoms. The van der Waals surface area contributed by atoms with Crippen molar-refractivity contribution in [2.45, 2.75) is 5.91 Å². The maximum Gasteiger partial charge on any atom is 0.279 e. The van der Waals surface area contributed by atoms with E-state index in [9.17, 15) is 0 Å². The summed E-state index contributed by atoms with van der Waals surface area (Å²) < 4.78 is 17.1. The highest BCUT2D eigenvalue weighted by atomic mass is 16.8. The average Bonchev–Trinajstić information content (AvgIpc) is 3.07. The van der Waals surface area contributed by atoms with Crippen molar-refractivity contribution in [3.8, 4) is 11.5 Å². The molecule has 1 saturated heterocycles. The highest BCUT2D eigenvalue weighted by Gasteiger charge is 2.46. The molecule has 1 spiro atoms. The number of nitrogens with one attached hydrogen (secondary N) is 2. The van der Waals surface area contributed by atoms with Crippen LogP contribution in [0.2, 0.25) is 0 Å². The van der Waals surface area contributed by atoms with Gasteiger partial charge in [-0.3, -0.25) is 5.41 Å². The Morgan fingerprint density at radius 1 is 1.00 bits per heavy atom. The highest BCUT2D eigenvalue weighted by Crippen LogP contribution is 2.38. The minimum absolute atomic E-state index is 0.283. The smallest absolute Gasteiger partial charge is 0.279 e. The van der Waals surface area contributed by atoms with Gasteiger partial charge in [-0.25, -0.2) is 0 Å². The SMILES string of the molecule is N=C1NC2(OCCO2)c2ccc(Oc3ccccc3)cc21. The fraction of sp³-hybridized carbons (Fsp3) is 0.188. The van der Waals surface area contributed by atoms with E-state index >= 15 is 0 Å². The number of ether oxygens (including phenoxy) is 3. The van der Waals surface area contributed by atoms with Crippen molar-refractivity contribution in [3.05, 3.63) is 59.7 Å². The second kappa shape index (κ2) is 4.58. The monoisotopic (exact) mass is 282 g/mol. The molecule has 0 amide bonds. The Morgan fingerprint density at radius 3 is 2.52 bits per heavy atom. The van der Waals surface area contributed by atoms with E-state index in [2.05, 4.69) is 5.32 Å². The zero-order valence-corrected chi connectivity index (χ0v) is 11.3. The van der Waals surface area contributed by atoms with Crippen molar-refractivity contribution in [2.24, 2.45) is 0 Å². The summed E-state index contributed by atoms with van der Waals surface area (Å²) in [5, 5.41) is 11.0. The summed E-state index contributed by atoms with van der Waals surface area (Å²) in [4.78, 5) is 0. The first-order valence-electron chi connectivity index (χ1n) is 6.79. The van der Waals surface area contributed by atoms with Crippen LogP contribution in [0.1, 0.15) is 11.1 Å². The third-order valence-corrected chi connectivity index (χ3v) is 3.58. The van der Waals surface area contributed by atoms with Crippen LogP contribution in [-0.2, 0) is 15.4 Å². The quantitative estimate of drug-likeness (QED) is 0.888. The summed E-state index contributed by atoms with van der Waals surface area (Å²) in [5.74, 6) is 0.738. The first kappa shape index (κ1) is 12.4. The van der Waals surface area contributed by atoms with Gasteiger partial charge in [-0.15, -0.1) is 0 Å². The van der Waals surface area contributed by atoms with E-state index in [0.717, 1.165) is 16.9 Å². The van der Waals surface area contributed by atoms with Gasteiger partial charge in [-0.1, -0.05) is 18.2 Å². The van der Waals surface area contributed by atoms with Crippen LogP contribution >= 0.6 is 0 Å². The van der Waals surface area contributed by atoms with Crippen LogP contribution in [0.25, 0.3) is 0 Å². The molecule has 5 nitrogen and oxygen atoms in total. The van der Waals surface area contributed by atoms with Gasteiger partial charge in [0.25, 0.3) is 5.91 Å². The average molecular weight is 282 g/mol. The zero-order chi connectivity index (χ0) is 14.3. The van der Waals surface area contributed by atoms with E-state index in [1.165, 1.54) is 0 Å². The summed E-state index contributed by atoms with van der Waals surface area (Å²) >= 11 is 0. The maximum atomic E-state index is 8.07. The molecule has 0 unspecified atom stereocenters. The van der Waals surface area contributed by atoms with E-state index in [-0.39, 0.29) is 5.84 Å². The molecule has 0 saturated carbocycles. The first-order chi connectivity index (χ1) is 10.3. The van der Waals surface area contributed by atoms with E-state index < -0.39 is 5.91 Å². The van der Waals surface area contributed by atoms with E-state index in [0.29, 0.717) is 19.0 Å². The maximum absolute atomic E-state index is 8.07. The minimum atomic E-state index is -0.988. The van der Waals surface area contributed by atoms with E-state index in [1.807, 2.05) is 48.5 Å². The van der Waals surface area contributed by atoms with Gasteiger partial charge in [-0.05, 0) is 30.3 Å². The summed E-state index contributed by atoms with van der Waals surface area (Å²) in [6.45, 7) is 1.03. The van der Waals surface area contributed by atoms with Crippen molar-refractivity contribution >= 4 is 5.84 Å². The molecule has 0 aliphatic carbocycles. The number of hydrogen-bond donors (Lipinski definition) is 2. The van der Waals surface area contributed by atoms with Gasteiger partial charge in [0, 0.05) is 11.1 Å². The molecule has 21 heavy (non-hydrogen) atoms. The Hall–Kier alpha value is -2.37. The Bertz CT molecular complexity index is 694. The second-order valence-electron chi connectivity index (χ2n) is 4.94. The molecule has 106 valence electrons. The molecule has 0 aromatic heterocycles. The van der Waals surface area contributed by atoms with Crippen LogP contribution < -0.4 is 10.1 Å². The number of hydrogen-bond acceptors (Lipinski definition) is 4. The standard InChI is InChI=1S/C16H14N2O3/c17-15-13-10-12(21-11-4-2-1-3-5-11)6-7-14(13)16(18-15)19-8-9-20-16/h1-7,10H,8-9H2,(H2,17,18). The normalized spacial score (nSPS) is 18.6. The molecule has 2 aromatic rings. The summed E-state index contributed by atoms with van der Waals surface area (Å²) in [6, 6.07) is 15.1. The van der Waals surface area contributed by atoms with Crippen molar-refractivity contribution in [1.82, 2.24) is 5.32 Å². The Kier molecular flexibility index (Phi) is 2.70. The predicted octanol–water partition coefficient (Wildman–Crippen LogP) is 2.56. The van der Waals surface area contributed by atoms with Crippen LogP contribution in [0.4, 0.5) is 0 Å². The second-order valence-corrected chi connectivity index (χ2v) is 4.94. The largest absolute Gasteiger partial charge is 0.457 e. The molecular weight excluding hydrogens is 268 g/mol. The number of para-hydroxylation sites is 1. The van der Waals surface area contributed by atoms with Gasteiger partial charge in [-0.2, -0.15) is 0 Å². The lowest BCUT2D eigenvalue weighted by Gasteiger charge is -2.22. The van der Waals surface area contributed by atoms with Crippen LogP contribution in [0.15, 0.2) is 48.5 Å². The topological polar surface area (TPSA) is 63.6 Å². The van der Waals surface area contributed by atoms with E-state index in [1.54, 1.807) is 0 Å². The molecular formula is C16H14N2O3. The van der Waals surface area contributed by atoms with Crippen LogP contribution in [0.5, 0.6) is 11.5 Å². The molecule has 0 radical (unpaired) electrons. The summed E-state index contributed by atoms with van der Waals surface area (Å²) in [6.07, 6.45) is 0. The van der Waals surface area contributed by atoms with Crippen molar-refractivity contribution in [2.75, 3.05) is 13.2 Å². The number of fused-ring (bicyclic) bond motifs is 2. The molecule has 2 heterocycles. The number of amidine groups is 1. The van der Waals surface area contributed by atoms with Crippen molar-refractivity contribution < 1.29 is 14.2 Å². The fourth-order valence-corrected chi connectivity index (χ4v) is 2.64. The van der Waals surface area contributed by atoms with Crippen LogP contribution in [0.3, 0.4) is 0 Å². The Morgan fingerprint density at radius 2 is 1.76 bits per heavy atom. The summed E-state index contributed by atoms with van der Waals surface area (Å²) in [7, 11) is 0. The van der Waals surface area contributed by atoms with Gasteiger partial charge < -0.3 is 19.5 Å². The third kappa shape index (κ3) is 1.98. The van der Waals surface area contributed by atoms with Gasteiger partial charge in [0.15, 0.2) is 0 Å². The predicted molar refractivity (Wildman–Crippen MR) is 76.5 cm³/mol. The number of rotatable bonds is 2.